The van der Waals surface area contributed by atoms with Gasteiger partial charge in [0.25, 0.3) is 0 Å². The van der Waals surface area contributed by atoms with E-state index in [9.17, 15) is 9.59 Å². The lowest BCUT2D eigenvalue weighted by molar-refractivity contribution is -0.132. The molecule has 1 N–H and O–H groups in total. The van der Waals surface area contributed by atoms with E-state index in [1.54, 1.807) is 7.05 Å². The second-order valence-electron chi connectivity index (χ2n) is 4.47. The zero-order valence-corrected chi connectivity index (χ0v) is 12.5. The fourth-order valence-electron chi connectivity index (χ4n) is 1.37. The van der Waals surface area contributed by atoms with Crippen LogP contribution in [0.3, 0.4) is 0 Å². The minimum atomic E-state index is -0.0879. The maximum atomic E-state index is 11.8. The zero-order valence-electron chi connectivity index (χ0n) is 10.9. The second kappa shape index (κ2) is 6.33. The summed E-state index contributed by atoms with van der Waals surface area (Å²) in [6.07, 6.45) is 2.10. The van der Waals surface area contributed by atoms with Crippen LogP contribution in [-0.2, 0) is 9.59 Å². The number of thioether (sulfide) groups is 1. The van der Waals surface area contributed by atoms with E-state index in [4.69, 9.17) is 0 Å². The van der Waals surface area contributed by atoms with Crippen LogP contribution in [0, 0.1) is 6.92 Å². The standard InChI is InChI=1S/C11H16N4O2S2/c1-7-13-14-11(19-7)18-6-10(17)15(2)5-9(16)12-8-3-4-8/h8H,3-6H2,1-2H3,(H,12,16). The van der Waals surface area contributed by atoms with Gasteiger partial charge in [0.2, 0.25) is 11.8 Å². The number of hydrogen-bond acceptors (Lipinski definition) is 6. The van der Waals surface area contributed by atoms with Crippen LogP contribution in [0.1, 0.15) is 17.8 Å². The Hall–Kier alpha value is -1.15. The van der Waals surface area contributed by atoms with Gasteiger partial charge in [0.05, 0.1) is 12.3 Å². The van der Waals surface area contributed by atoms with E-state index in [0.29, 0.717) is 6.04 Å². The highest BCUT2D eigenvalue weighted by Gasteiger charge is 2.24. The number of nitrogens with one attached hydrogen (secondary N) is 1. The molecule has 0 atom stereocenters. The number of aromatic nitrogens is 2. The van der Waals surface area contributed by atoms with Crippen LogP contribution >= 0.6 is 23.1 Å². The maximum absolute atomic E-state index is 11.8. The summed E-state index contributed by atoms with van der Waals surface area (Å²) in [6, 6.07) is 0.328. The number of aryl methyl sites for hydroxylation is 1. The highest BCUT2D eigenvalue weighted by atomic mass is 32.2. The van der Waals surface area contributed by atoms with Gasteiger partial charge in [-0.15, -0.1) is 10.2 Å². The van der Waals surface area contributed by atoms with Crippen molar-refractivity contribution in [3.05, 3.63) is 5.01 Å². The summed E-state index contributed by atoms with van der Waals surface area (Å²) in [4.78, 5) is 24.8. The first-order chi connectivity index (χ1) is 9.04. The molecule has 1 fully saturated rings. The third kappa shape index (κ3) is 4.79. The Morgan fingerprint density at radius 3 is 2.79 bits per heavy atom. The molecule has 2 amide bonds. The average molecular weight is 300 g/mol. The monoisotopic (exact) mass is 300 g/mol. The Bertz CT molecular complexity index is 473. The number of rotatable bonds is 6. The van der Waals surface area contributed by atoms with Gasteiger partial charge in [-0.2, -0.15) is 0 Å². The van der Waals surface area contributed by atoms with Gasteiger partial charge in [0.1, 0.15) is 5.01 Å². The van der Waals surface area contributed by atoms with Crippen molar-refractivity contribution < 1.29 is 9.59 Å². The Morgan fingerprint density at radius 1 is 1.47 bits per heavy atom. The van der Waals surface area contributed by atoms with E-state index < -0.39 is 0 Å². The molecule has 104 valence electrons. The number of hydrogen-bond donors (Lipinski definition) is 1. The molecule has 1 aromatic rings. The molecule has 19 heavy (non-hydrogen) atoms. The highest BCUT2D eigenvalue weighted by molar-refractivity contribution is 8.01. The first kappa shape index (κ1) is 14.3. The van der Waals surface area contributed by atoms with Crippen LogP contribution in [0.15, 0.2) is 4.34 Å². The van der Waals surface area contributed by atoms with Gasteiger partial charge in [0, 0.05) is 13.1 Å². The smallest absolute Gasteiger partial charge is 0.239 e. The molecule has 0 aromatic carbocycles. The zero-order chi connectivity index (χ0) is 13.8. The first-order valence-corrected chi connectivity index (χ1v) is 7.81. The fourth-order valence-corrected chi connectivity index (χ4v) is 3.13. The van der Waals surface area contributed by atoms with Gasteiger partial charge in [-0.1, -0.05) is 23.1 Å². The van der Waals surface area contributed by atoms with Crippen molar-refractivity contribution in [1.29, 1.82) is 0 Å². The molecule has 0 unspecified atom stereocenters. The van der Waals surface area contributed by atoms with Crippen molar-refractivity contribution >= 4 is 34.9 Å². The summed E-state index contributed by atoms with van der Waals surface area (Å²) in [5.74, 6) is 0.112. The Kier molecular flexibility index (Phi) is 4.76. The van der Waals surface area contributed by atoms with Gasteiger partial charge in [-0.3, -0.25) is 9.59 Å². The molecule has 1 aromatic heterocycles. The molecule has 0 bridgehead atoms. The lowest BCUT2D eigenvalue weighted by Gasteiger charge is -2.16. The molecule has 8 heteroatoms. The minimum Gasteiger partial charge on any atom is -0.352 e. The van der Waals surface area contributed by atoms with E-state index in [0.717, 1.165) is 22.2 Å². The lowest BCUT2D eigenvalue weighted by atomic mass is 10.5. The fraction of sp³-hybridized carbons (Fsp3) is 0.636. The Labute approximate surface area is 120 Å². The second-order valence-corrected chi connectivity index (χ2v) is 6.87. The normalized spacial score (nSPS) is 14.2. The van der Waals surface area contributed by atoms with Crippen molar-refractivity contribution in [1.82, 2.24) is 20.4 Å². The average Bonchev–Trinajstić information content (AvgIpc) is 3.06. The summed E-state index contributed by atoms with van der Waals surface area (Å²) in [5.41, 5.74) is 0. The predicted molar refractivity (Wildman–Crippen MR) is 74.2 cm³/mol. The van der Waals surface area contributed by atoms with Crippen LogP contribution in [-0.4, -0.2) is 52.3 Å². The molecule has 0 spiro atoms. The van der Waals surface area contributed by atoms with E-state index in [1.807, 2.05) is 6.92 Å². The summed E-state index contributed by atoms with van der Waals surface area (Å²) < 4.78 is 0.779. The molecule has 6 nitrogen and oxygen atoms in total. The summed E-state index contributed by atoms with van der Waals surface area (Å²) in [5, 5.41) is 11.6. The molecule has 0 radical (unpaired) electrons. The number of carbonyl (C=O) groups excluding carboxylic acids is 2. The van der Waals surface area contributed by atoms with Crippen molar-refractivity contribution in [3.8, 4) is 0 Å². The molecule has 1 aliphatic rings. The van der Waals surface area contributed by atoms with Crippen LogP contribution < -0.4 is 5.32 Å². The number of nitrogens with zero attached hydrogens (tertiary/aromatic N) is 3. The van der Waals surface area contributed by atoms with E-state index >= 15 is 0 Å². The van der Waals surface area contributed by atoms with Crippen LogP contribution in [0.5, 0.6) is 0 Å². The lowest BCUT2D eigenvalue weighted by Crippen LogP contribution is -2.39. The quantitative estimate of drug-likeness (QED) is 0.782. The van der Waals surface area contributed by atoms with Gasteiger partial charge >= 0.3 is 0 Å². The van der Waals surface area contributed by atoms with Crippen LogP contribution in [0.25, 0.3) is 0 Å². The molecular weight excluding hydrogens is 284 g/mol. The number of amides is 2. The largest absolute Gasteiger partial charge is 0.352 e. The van der Waals surface area contributed by atoms with E-state index in [2.05, 4.69) is 15.5 Å². The third-order valence-corrected chi connectivity index (χ3v) is 4.53. The van der Waals surface area contributed by atoms with Gasteiger partial charge in [-0.05, 0) is 19.8 Å². The van der Waals surface area contributed by atoms with E-state index in [-0.39, 0.29) is 24.1 Å². The first-order valence-electron chi connectivity index (χ1n) is 6.01. The SMILES string of the molecule is Cc1nnc(SCC(=O)N(C)CC(=O)NC2CC2)s1. The van der Waals surface area contributed by atoms with Crippen molar-refractivity contribution in [2.75, 3.05) is 19.3 Å². The minimum absolute atomic E-state index is 0.0798. The van der Waals surface area contributed by atoms with Crippen LogP contribution in [0.4, 0.5) is 0 Å². The summed E-state index contributed by atoms with van der Waals surface area (Å²) in [6.45, 7) is 1.99. The number of likely N-dealkylation sites (N-methyl/N-ethyl adjacent to an activating group) is 1. The van der Waals surface area contributed by atoms with Crippen LogP contribution in [0.2, 0.25) is 0 Å². The maximum Gasteiger partial charge on any atom is 0.239 e. The highest BCUT2D eigenvalue weighted by Crippen LogP contribution is 2.22. The molecule has 2 rings (SSSR count). The van der Waals surface area contributed by atoms with Crippen molar-refractivity contribution in [3.63, 3.8) is 0 Å². The molecule has 1 aliphatic carbocycles. The topological polar surface area (TPSA) is 75.2 Å². The number of carbonyl (C=O) groups is 2. The van der Waals surface area contributed by atoms with Gasteiger partial charge < -0.3 is 10.2 Å². The molecule has 1 heterocycles. The van der Waals surface area contributed by atoms with Crippen molar-refractivity contribution in [2.45, 2.75) is 30.1 Å². The van der Waals surface area contributed by atoms with Crippen molar-refractivity contribution in [2.24, 2.45) is 0 Å². The third-order valence-electron chi connectivity index (χ3n) is 2.58. The Balaban J connectivity index is 1.70. The molecule has 0 aliphatic heterocycles. The van der Waals surface area contributed by atoms with Gasteiger partial charge in [-0.25, -0.2) is 0 Å². The van der Waals surface area contributed by atoms with E-state index in [1.165, 1.54) is 28.0 Å². The summed E-state index contributed by atoms with van der Waals surface area (Å²) >= 11 is 2.82. The molecule has 0 saturated heterocycles. The predicted octanol–water partition coefficient (Wildman–Crippen LogP) is 0.676. The molecule has 1 saturated carbocycles. The molecular formula is C11H16N4O2S2. The Morgan fingerprint density at radius 2 is 2.21 bits per heavy atom. The summed E-state index contributed by atoms with van der Waals surface area (Å²) in [7, 11) is 1.64. The van der Waals surface area contributed by atoms with Gasteiger partial charge in [0.15, 0.2) is 4.34 Å².